The molecule has 3 unspecified atom stereocenters. The van der Waals surface area contributed by atoms with Gasteiger partial charge in [0.2, 0.25) is 0 Å². The zero-order valence-electron chi connectivity index (χ0n) is 12.8. The minimum atomic E-state index is -0.330. The maximum absolute atomic E-state index is 12.9. The molecule has 1 heterocycles. The predicted molar refractivity (Wildman–Crippen MR) is 85.2 cm³/mol. The van der Waals surface area contributed by atoms with Gasteiger partial charge in [-0.1, -0.05) is 18.0 Å². The zero-order chi connectivity index (χ0) is 15.7. The number of ether oxygens (including phenoxy) is 1. The van der Waals surface area contributed by atoms with Crippen LogP contribution < -0.4 is 0 Å². The molecule has 0 radical (unpaired) electrons. The number of aliphatic hydroxyl groups is 1. The Labute approximate surface area is 136 Å². The second-order valence-electron chi connectivity index (χ2n) is 6.32. The van der Waals surface area contributed by atoms with Crippen LogP contribution in [-0.2, 0) is 4.74 Å². The summed E-state index contributed by atoms with van der Waals surface area (Å²) in [7, 11) is 0. The first-order valence-electron chi connectivity index (χ1n) is 7.90. The summed E-state index contributed by atoms with van der Waals surface area (Å²) in [6.45, 7) is 3.55. The van der Waals surface area contributed by atoms with Gasteiger partial charge in [-0.15, -0.1) is 0 Å². The highest BCUT2D eigenvalue weighted by Gasteiger charge is 2.39. The van der Waals surface area contributed by atoms with Crippen LogP contribution in [0.1, 0.15) is 35.2 Å². The van der Waals surface area contributed by atoms with E-state index in [-0.39, 0.29) is 24.0 Å². The summed E-state index contributed by atoms with van der Waals surface area (Å²) in [5.74, 6) is 0.0996. The summed E-state index contributed by atoms with van der Waals surface area (Å²) in [4.78, 5) is 14.8. The van der Waals surface area contributed by atoms with Gasteiger partial charge in [-0.3, -0.25) is 4.79 Å². The van der Waals surface area contributed by atoms with Crippen molar-refractivity contribution >= 4 is 17.5 Å². The van der Waals surface area contributed by atoms with Crippen molar-refractivity contribution in [1.82, 2.24) is 4.90 Å². The number of rotatable bonds is 2. The number of carbonyl (C=O) groups is 1. The van der Waals surface area contributed by atoms with Gasteiger partial charge in [0.05, 0.1) is 25.4 Å². The maximum Gasteiger partial charge on any atom is 0.254 e. The predicted octanol–water partition coefficient (Wildman–Crippen LogP) is 2.65. The molecule has 0 spiro atoms. The number of carbonyl (C=O) groups excluding carboxylic acids is 1. The molecule has 1 saturated carbocycles. The first-order chi connectivity index (χ1) is 10.6. The molecule has 1 amide bonds. The summed E-state index contributed by atoms with van der Waals surface area (Å²) in [5.41, 5.74) is 1.59. The first kappa shape index (κ1) is 15.8. The molecular weight excluding hydrogens is 302 g/mol. The van der Waals surface area contributed by atoms with Crippen molar-refractivity contribution in [1.29, 1.82) is 0 Å². The van der Waals surface area contributed by atoms with Crippen LogP contribution in [0.15, 0.2) is 18.2 Å². The number of aliphatic hydroxyl groups excluding tert-OH is 1. The lowest BCUT2D eigenvalue weighted by Crippen LogP contribution is -2.53. The fraction of sp³-hybridized carbons (Fsp3) is 0.588. The van der Waals surface area contributed by atoms with E-state index in [4.69, 9.17) is 16.3 Å². The molecule has 3 rings (SSSR count). The highest BCUT2D eigenvalue weighted by Crippen LogP contribution is 2.33. The summed E-state index contributed by atoms with van der Waals surface area (Å²) in [5, 5.41) is 10.8. The van der Waals surface area contributed by atoms with E-state index in [0.717, 1.165) is 24.8 Å². The van der Waals surface area contributed by atoms with Gasteiger partial charge in [0.1, 0.15) is 0 Å². The number of nitrogens with zero attached hydrogens (tertiary/aromatic N) is 1. The molecule has 5 heteroatoms. The smallest absolute Gasteiger partial charge is 0.254 e. The summed E-state index contributed by atoms with van der Waals surface area (Å²) in [6, 6.07) is 5.38. The first-order valence-corrected chi connectivity index (χ1v) is 8.28. The van der Waals surface area contributed by atoms with E-state index in [9.17, 15) is 9.90 Å². The van der Waals surface area contributed by atoms with E-state index in [1.807, 2.05) is 24.0 Å². The number of morpholine rings is 1. The molecule has 1 aromatic rings. The van der Waals surface area contributed by atoms with Gasteiger partial charge in [-0.25, -0.2) is 0 Å². The Morgan fingerprint density at radius 3 is 2.86 bits per heavy atom. The van der Waals surface area contributed by atoms with Crippen LogP contribution in [0.2, 0.25) is 5.02 Å². The van der Waals surface area contributed by atoms with E-state index in [1.165, 1.54) is 0 Å². The molecule has 1 aromatic carbocycles. The number of halogens is 1. The largest absolute Gasteiger partial charge is 0.393 e. The Morgan fingerprint density at radius 2 is 2.18 bits per heavy atom. The van der Waals surface area contributed by atoms with E-state index in [0.29, 0.717) is 30.3 Å². The monoisotopic (exact) mass is 323 g/mol. The second kappa shape index (κ2) is 6.57. The van der Waals surface area contributed by atoms with Crippen molar-refractivity contribution in [2.75, 3.05) is 19.8 Å². The fourth-order valence-electron chi connectivity index (χ4n) is 3.67. The molecule has 4 nitrogen and oxygen atoms in total. The van der Waals surface area contributed by atoms with Crippen molar-refractivity contribution in [2.24, 2.45) is 5.92 Å². The molecule has 1 aliphatic carbocycles. The molecule has 22 heavy (non-hydrogen) atoms. The Hall–Kier alpha value is -1.10. The minimum absolute atomic E-state index is 0.0157. The Kier molecular flexibility index (Phi) is 4.71. The SMILES string of the molecule is Cc1cc(Cl)cc(C(=O)N2CCOCC2C2CCCC2O)c1. The lowest BCUT2D eigenvalue weighted by atomic mass is 9.93. The van der Waals surface area contributed by atoms with Crippen LogP contribution in [0, 0.1) is 12.8 Å². The fourth-order valence-corrected chi connectivity index (χ4v) is 3.96. The zero-order valence-corrected chi connectivity index (χ0v) is 13.6. The molecule has 1 aliphatic heterocycles. The highest BCUT2D eigenvalue weighted by atomic mass is 35.5. The standard InChI is InChI=1S/C17H22ClNO3/c1-11-7-12(9-13(18)8-11)17(21)19-5-6-22-10-15(19)14-3-2-4-16(14)20/h7-9,14-16,20H,2-6,10H2,1H3. The minimum Gasteiger partial charge on any atom is -0.393 e. The van der Waals surface area contributed by atoms with Crippen molar-refractivity contribution in [3.05, 3.63) is 34.3 Å². The molecular formula is C17H22ClNO3. The van der Waals surface area contributed by atoms with Crippen LogP contribution in [0.25, 0.3) is 0 Å². The van der Waals surface area contributed by atoms with Crippen molar-refractivity contribution in [3.8, 4) is 0 Å². The van der Waals surface area contributed by atoms with Crippen molar-refractivity contribution in [3.63, 3.8) is 0 Å². The average molecular weight is 324 g/mol. The Morgan fingerprint density at radius 1 is 1.36 bits per heavy atom. The molecule has 1 N–H and O–H groups in total. The molecule has 1 saturated heterocycles. The van der Waals surface area contributed by atoms with Gasteiger partial charge in [0, 0.05) is 23.0 Å². The Balaban J connectivity index is 1.85. The van der Waals surface area contributed by atoms with Gasteiger partial charge in [0.25, 0.3) is 5.91 Å². The van der Waals surface area contributed by atoms with Crippen LogP contribution in [0.4, 0.5) is 0 Å². The van der Waals surface area contributed by atoms with Crippen LogP contribution >= 0.6 is 11.6 Å². The van der Waals surface area contributed by atoms with E-state index < -0.39 is 0 Å². The van der Waals surface area contributed by atoms with Crippen LogP contribution in [-0.4, -0.2) is 47.8 Å². The second-order valence-corrected chi connectivity index (χ2v) is 6.76. The van der Waals surface area contributed by atoms with E-state index in [2.05, 4.69) is 0 Å². The Bertz CT molecular complexity index is 543. The summed E-state index contributed by atoms with van der Waals surface area (Å²) >= 11 is 6.08. The lowest BCUT2D eigenvalue weighted by molar-refractivity contribution is -0.0383. The van der Waals surface area contributed by atoms with Gasteiger partial charge < -0.3 is 14.7 Å². The van der Waals surface area contributed by atoms with Gasteiger partial charge >= 0.3 is 0 Å². The number of hydrogen-bond acceptors (Lipinski definition) is 3. The quantitative estimate of drug-likeness (QED) is 0.910. The molecule has 3 atom stereocenters. The molecule has 0 bridgehead atoms. The average Bonchev–Trinajstić information content (AvgIpc) is 2.91. The van der Waals surface area contributed by atoms with Crippen molar-refractivity contribution in [2.45, 2.75) is 38.3 Å². The third-order valence-electron chi connectivity index (χ3n) is 4.74. The van der Waals surface area contributed by atoms with Crippen molar-refractivity contribution < 1.29 is 14.6 Å². The van der Waals surface area contributed by atoms with E-state index >= 15 is 0 Å². The molecule has 0 aromatic heterocycles. The topological polar surface area (TPSA) is 49.8 Å². The van der Waals surface area contributed by atoms with Crippen LogP contribution in [0.3, 0.4) is 0 Å². The van der Waals surface area contributed by atoms with E-state index in [1.54, 1.807) is 6.07 Å². The van der Waals surface area contributed by atoms with Gasteiger partial charge in [0.15, 0.2) is 0 Å². The van der Waals surface area contributed by atoms with Crippen LogP contribution in [0.5, 0.6) is 0 Å². The molecule has 2 fully saturated rings. The maximum atomic E-state index is 12.9. The number of hydrogen-bond donors (Lipinski definition) is 1. The van der Waals surface area contributed by atoms with Gasteiger partial charge in [-0.2, -0.15) is 0 Å². The summed E-state index contributed by atoms with van der Waals surface area (Å²) in [6.07, 6.45) is 2.45. The highest BCUT2D eigenvalue weighted by molar-refractivity contribution is 6.31. The number of amides is 1. The number of benzene rings is 1. The molecule has 2 aliphatic rings. The third-order valence-corrected chi connectivity index (χ3v) is 4.96. The third kappa shape index (κ3) is 3.14. The summed E-state index contributed by atoms with van der Waals surface area (Å²) < 4.78 is 5.58. The normalized spacial score (nSPS) is 28.9. The lowest BCUT2D eigenvalue weighted by Gasteiger charge is -2.40. The number of aryl methyl sites for hydroxylation is 1. The van der Waals surface area contributed by atoms with Gasteiger partial charge in [-0.05, 0) is 43.5 Å². The molecule has 120 valence electrons.